The van der Waals surface area contributed by atoms with Gasteiger partial charge in [-0.05, 0) is 43.9 Å². The molecule has 182 valence electrons. The van der Waals surface area contributed by atoms with Crippen LogP contribution in [-0.4, -0.2) is 62.4 Å². The Morgan fingerprint density at radius 1 is 1.06 bits per heavy atom. The first kappa shape index (κ1) is 22.0. The van der Waals surface area contributed by atoms with Crippen molar-refractivity contribution in [3.05, 3.63) is 66.7 Å². The molecule has 0 spiro atoms. The second kappa shape index (κ2) is 9.29. The van der Waals surface area contributed by atoms with Crippen LogP contribution in [-0.2, 0) is 6.42 Å². The number of rotatable bonds is 6. The smallest absolute Gasteiger partial charge is 0.225 e. The van der Waals surface area contributed by atoms with Gasteiger partial charge >= 0.3 is 0 Å². The van der Waals surface area contributed by atoms with Crippen LogP contribution in [0.4, 0.5) is 17.5 Å². The highest BCUT2D eigenvalue weighted by Gasteiger charge is 2.26. The molecule has 36 heavy (non-hydrogen) atoms. The Labute approximate surface area is 207 Å². The first-order valence-electron chi connectivity index (χ1n) is 12.0. The average Bonchev–Trinajstić information content (AvgIpc) is 3.61. The summed E-state index contributed by atoms with van der Waals surface area (Å²) >= 11 is 0. The molecule has 0 unspecified atom stereocenters. The number of piperidine rings is 1. The van der Waals surface area contributed by atoms with Crippen molar-refractivity contribution < 1.29 is 0 Å². The van der Waals surface area contributed by atoms with Gasteiger partial charge in [-0.25, -0.2) is 29.6 Å². The molecule has 6 rings (SSSR count). The van der Waals surface area contributed by atoms with Gasteiger partial charge in [-0.2, -0.15) is 5.10 Å². The zero-order chi connectivity index (χ0) is 24.5. The maximum absolute atomic E-state index is 4.62. The van der Waals surface area contributed by atoms with E-state index in [2.05, 4.69) is 57.4 Å². The van der Waals surface area contributed by atoms with Gasteiger partial charge in [0.05, 0.1) is 11.4 Å². The highest BCUT2D eigenvalue weighted by molar-refractivity contribution is 5.70. The van der Waals surface area contributed by atoms with Gasteiger partial charge in [0.2, 0.25) is 11.6 Å². The van der Waals surface area contributed by atoms with E-state index in [4.69, 9.17) is 0 Å². The molecule has 0 atom stereocenters. The summed E-state index contributed by atoms with van der Waals surface area (Å²) in [6.45, 7) is 5.80. The normalized spacial score (nSPS) is 14.4. The molecule has 0 amide bonds. The summed E-state index contributed by atoms with van der Waals surface area (Å²) in [4.78, 5) is 24.5. The summed E-state index contributed by atoms with van der Waals surface area (Å²) in [7, 11) is 0. The van der Waals surface area contributed by atoms with E-state index >= 15 is 0 Å². The van der Waals surface area contributed by atoms with Crippen molar-refractivity contribution in [2.75, 3.05) is 23.3 Å². The van der Waals surface area contributed by atoms with Crippen LogP contribution in [0.15, 0.2) is 49.6 Å². The van der Waals surface area contributed by atoms with Crippen molar-refractivity contribution in [3.63, 3.8) is 0 Å². The van der Waals surface area contributed by atoms with Gasteiger partial charge in [0, 0.05) is 43.8 Å². The summed E-state index contributed by atoms with van der Waals surface area (Å²) in [5.41, 5.74) is 3.49. The Hall–Kier alpha value is -4.48. The zero-order valence-corrected chi connectivity index (χ0v) is 20.2. The third-order valence-electron chi connectivity index (χ3n) is 6.57. The van der Waals surface area contributed by atoms with Crippen molar-refractivity contribution in [1.82, 2.24) is 49.3 Å². The number of hydrogen-bond donors (Lipinski definition) is 1. The SMILES string of the molecule is CCc1cnc(N2CCC(c3nnc4c(Nc5ccc(-n6cncn6)nc5C)nccn34)CC2)nc1. The minimum absolute atomic E-state index is 0.298. The molecule has 0 saturated carbocycles. The monoisotopic (exact) mass is 482 g/mol. The van der Waals surface area contributed by atoms with Crippen LogP contribution in [0.25, 0.3) is 11.5 Å². The Morgan fingerprint density at radius 2 is 1.89 bits per heavy atom. The first-order chi connectivity index (χ1) is 17.7. The molecule has 5 aromatic heterocycles. The molecule has 1 aliphatic heterocycles. The Kier molecular flexibility index (Phi) is 5.68. The number of nitrogens with zero attached hydrogens (tertiary/aromatic N) is 11. The topological polar surface area (TPSA) is 128 Å². The van der Waals surface area contributed by atoms with E-state index in [1.165, 1.54) is 6.33 Å². The van der Waals surface area contributed by atoms with Crippen LogP contribution >= 0.6 is 0 Å². The molecule has 6 heterocycles. The molecule has 1 aliphatic rings. The largest absolute Gasteiger partial charge is 0.341 e. The van der Waals surface area contributed by atoms with E-state index in [0.717, 1.165) is 61.1 Å². The second-order valence-electron chi connectivity index (χ2n) is 8.80. The fourth-order valence-electron chi connectivity index (χ4n) is 4.50. The molecule has 0 bridgehead atoms. The van der Waals surface area contributed by atoms with E-state index in [-0.39, 0.29) is 0 Å². The van der Waals surface area contributed by atoms with Crippen LogP contribution in [0.2, 0.25) is 0 Å². The number of anilines is 3. The number of hydrogen-bond acceptors (Lipinski definition) is 10. The van der Waals surface area contributed by atoms with E-state index in [9.17, 15) is 0 Å². The van der Waals surface area contributed by atoms with E-state index in [0.29, 0.717) is 23.2 Å². The molecule has 1 N–H and O–H groups in total. The molecule has 1 fully saturated rings. The summed E-state index contributed by atoms with van der Waals surface area (Å²) in [6, 6.07) is 3.83. The van der Waals surface area contributed by atoms with Crippen LogP contribution in [0.1, 0.15) is 42.8 Å². The van der Waals surface area contributed by atoms with Gasteiger partial charge in [0.1, 0.15) is 18.5 Å². The number of nitrogens with one attached hydrogen (secondary N) is 1. The fourth-order valence-corrected chi connectivity index (χ4v) is 4.50. The van der Waals surface area contributed by atoms with Gasteiger partial charge < -0.3 is 10.2 Å². The zero-order valence-electron chi connectivity index (χ0n) is 20.2. The van der Waals surface area contributed by atoms with E-state index in [1.54, 1.807) is 17.2 Å². The Bertz CT molecular complexity index is 1470. The Balaban J connectivity index is 1.19. The highest BCUT2D eigenvalue weighted by atomic mass is 15.3. The lowest BCUT2D eigenvalue weighted by atomic mass is 9.96. The van der Waals surface area contributed by atoms with Crippen molar-refractivity contribution in [3.8, 4) is 5.82 Å². The molecule has 0 aliphatic carbocycles. The molecular weight excluding hydrogens is 456 g/mol. The van der Waals surface area contributed by atoms with E-state index in [1.807, 2.05) is 42.0 Å². The number of aryl methyl sites for hydroxylation is 2. The molecule has 0 radical (unpaired) electrons. The lowest BCUT2D eigenvalue weighted by Gasteiger charge is -2.31. The number of aromatic nitrogens is 10. The van der Waals surface area contributed by atoms with Gasteiger partial charge in [0.15, 0.2) is 11.6 Å². The van der Waals surface area contributed by atoms with Gasteiger partial charge in [-0.3, -0.25) is 4.40 Å². The quantitative estimate of drug-likeness (QED) is 0.386. The maximum atomic E-state index is 4.62. The maximum Gasteiger partial charge on any atom is 0.225 e. The minimum atomic E-state index is 0.298. The van der Waals surface area contributed by atoms with Crippen LogP contribution in [0, 0.1) is 6.92 Å². The van der Waals surface area contributed by atoms with Crippen LogP contribution < -0.4 is 10.2 Å². The third-order valence-corrected chi connectivity index (χ3v) is 6.57. The molecule has 1 saturated heterocycles. The minimum Gasteiger partial charge on any atom is -0.341 e. The fraction of sp³-hybridized carbons (Fsp3) is 0.333. The van der Waals surface area contributed by atoms with Crippen molar-refractivity contribution in [1.29, 1.82) is 0 Å². The predicted octanol–water partition coefficient (Wildman–Crippen LogP) is 2.89. The molecule has 12 nitrogen and oxygen atoms in total. The molecule has 5 aromatic rings. The molecule has 12 heteroatoms. The predicted molar refractivity (Wildman–Crippen MR) is 134 cm³/mol. The summed E-state index contributed by atoms with van der Waals surface area (Å²) < 4.78 is 3.66. The lowest BCUT2D eigenvalue weighted by molar-refractivity contribution is 0.477. The molecule has 0 aromatic carbocycles. The summed E-state index contributed by atoms with van der Waals surface area (Å²) in [5.74, 6) is 3.38. The third kappa shape index (κ3) is 4.10. The van der Waals surface area contributed by atoms with Gasteiger partial charge in [-0.1, -0.05) is 6.92 Å². The van der Waals surface area contributed by atoms with Crippen molar-refractivity contribution in [2.45, 2.75) is 39.0 Å². The van der Waals surface area contributed by atoms with Gasteiger partial charge in [0.25, 0.3) is 0 Å². The van der Waals surface area contributed by atoms with E-state index < -0.39 is 0 Å². The van der Waals surface area contributed by atoms with Crippen LogP contribution in [0.5, 0.6) is 0 Å². The second-order valence-corrected chi connectivity index (χ2v) is 8.80. The lowest BCUT2D eigenvalue weighted by Crippen LogP contribution is -2.34. The molecular formula is C24H26N12. The standard InChI is InChI=1S/C24H26N12/c1-3-17-12-27-24(28-13-17)34-9-6-18(7-10-34)22-32-33-23-21(26-8-11-35(22)23)31-19-4-5-20(30-16(19)2)36-15-25-14-29-36/h4-5,8,11-15,18H,3,6-7,9-10H2,1-2H3,(H,26,31). The Morgan fingerprint density at radius 3 is 2.61 bits per heavy atom. The van der Waals surface area contributed by atoms with Crippen molar-refractivity contribution >= 4 is 23.1 Å². The average molecular weight is 483 g/mol. The highest BCUT2D eigenvalue weighted by Crippen LogP contribution is 2.30. The van der Waals surface area contributed by atoms with Gasteiger partial charge in [-0.15, -0.1) is 10.2 Å². The first-order valence-corrected chi connectivity index (χ1v) is 12.0. The summed E-state index contributed by atoms with van der Waals surface area (Å²) in [5, 5.41) is 16.6. The number of pyridine rings is 1. The number of fused-ring (bicyclic) bond motifs is 1. The summed E-state index contributed by atoms with van der Waals surface area (Å²) in [6.07, 6.45) is 13.5. The van der Waals surface area contributed by atoms with Crippen molar-refractivity contribution in [2.24, 2.45) is 0 Å². The van der Waals surface area contributed by atoms with Crippen LogP contribution in [0.3, 0.4) is 0 Å².